The highest BCUT2D eigenvalue weighted by atomic mass is 16.5. The Hall–Kier alpha value is -2.37. The van der Waals surface area contributed by atoms with Crippen LogP contribution in [0.15, 0.2) is 35.4 Å². The molecule has 0 amide bonds. The molecule has 0 atom stereocenters. The Labute approximate surface area is 154 Å². The first-order valence-corrected chi connectivity index (χ1v) is 9.55. The summed E-state index contributed by atoms with van der Waals surface area (Å²) in [6.45, 7) is 4.07. The topological polar surface area (TPSA) is 66.1 Å². The van der Waals surface area contributed by atoms with Crippen molar-refractivity contribution in [1.82, 2.24) is 14.3 Å². The highest BCUT2D eigenvalue weighted by Gasteiger charge is 2.11. The molecule has 0 N–H and O–H groups in total. The lowest BCUT2D eigenvalue weighted by Gasteiger charge is -2.05. The number of benzene rings is 1. The van der Waals surface area contributed by atoms with E-state index in [1.165, 1.54) is 55.0 Å². The Morgan fingerprint density at radius 1 is 1.04 bits per heavy atom. The lowest BCUT2D eigenvalue weighted by atomic mass is 10.0. The first-order valence-electron chi connectivity index (χ1n) is 9.55. The van der Waals surface area contributed by atoms with Crippen LogP contribution in [0.2, 0.25) is 0 Å². The van der Waals surface area contributed by atoms with Crippen molar-refractivity contribution in [3.63, 3.8) is 0 Å². The molecule has 2 aromatic rings. The molecule has 0 radical (unpaired) electrons. The summed E-state index contributed by atoms with van der Waals surface area (Å²) >= 11 is 0. The van der Waals surface area contributed by atoms with E-state index in [2.05, 4.69) is 24.2 Å². The van der Waals surface area contributed by atoms with Gasteiger partial charge in [-0.3, -0.25) is 4.79 Å². The van der Waals surface area contributed by atoms with Gasteiger partial charge in [-0.1, -0.05) is 51.2 Å². The molecular formula is C20H29N3O3. The van der Waals surface area contributed by atoms with Gasteiger partial charge in [0.2, 0.25) is 0 Å². The van der Waals surface area contributed by atoms with Gasteiger partial charge in [-0.2, -0.15) is 5.10 Å². The van der Waals surface area contributed by atoms with E-state index in [-0.39, 0.29) is 18.8 Å². The summed E-state index contributed by atoms with van der Waals surface area (Å²) in [4.78, 5) is 23.9. The number of hydrogen-bond acceptors (Lipinski definition) is 4. The average molecular weight is 359 g/mol. The Morgan fingerprint density at radius 2 is 1.73 bits per heavy atom. The van der Waals surface area contributed by atoms with Gasteiger partial charge in [0, 0.05) is 0 Å². The van der Waals surface area contributed by atoms with Crippen LogP contribution in [0.4, 0.5) is 0 Å². The lowest BCUT2D eigenvalue weighted by Crippen LogP contribution is -2.27. The van der Waals surface area contributed by atoms with Gasteiger partial charge in [0.15, 0.2) is 0 Å². The molecule has 1 heterocycles. The lowest BCUT2D eigenvalue weighted by molar-refractivity contribution is -0.144. The van der Waals surface area contributed by atoms with Crippen LogP contribution >= 0.6 is 0 Å². The highest BCUT2D eigenvalue weighted by Crippen LogP contribution is 2.12. The molecule has 26 heavy (non-hydrogen) atoms. The predicted octanol–water partition coefficient (Wildman–Crippen LogP) is 3.50. The number of esters is 1. The van der Waals surface area contributed by atoms with E-state index in [1.807, 2.05) is 12.1 Å². The number of rotatable bonds is 11. The van der Waals surface area contributed by atoms with Gasteiger partial charge in [0.05, 0.1) is 12.3 Å². The Kier molecular flexibility index (Phi) is 8.12. The minimum atomic E-state index is -0.464. The van der Waals surface area contributed by atoms with Crippen LogP contribution in [0.25, 0.3) is 5.69 Å². The number of ether oxygens (including phenoxy) is 1. The van der Waals surface area contributed by atoms with E-state index in [4.69, 9.17) is 4.74 Å². The summed E-state index contributed by atoms with van der Waals surface area (Å²) in [5, 5.41) is 3.99. The summed E-state index contributed by atoms with van der Waals surface area (Å²) < 4.78 is 7.40. The van der Waals surface area contributed by atoms with Gasteiger partial charge in [-0.15, -0.1) is 0 Å². The fraction of sp³-hybridized carbons (Fsp3) is 0.550. The van der Waals surface area contributed by atoms with Crippen molar-refractivity contribution in [2.24, 2.45) is 0 Å². The molecule has 142 valence electrons. The molecule has 1 aromatic carbocycles. The second-order valence-corrected chi connectivity index (χ2v) is 6.43. The fourth-order valence-electron chi connectivity index (χ4n) is 2.88. The van der Waals surface area contributed by atoms with Crippen LogP contribution < -0.4 is 5.69 Å². The van der Waals surface area contributed by atoms with Crippen LogP contribution in [0, 0.1) is 0 Å². The molecule has 0 unspecified atom stereocenters. The number of carbonyl (C=O) groups is 1. The first kappa shape index (κ1) is 19.9. The van der Waals surface area contributed by atoms with E-state index in [0.29, 0.717) is 0 Å². The molecular weight excluding hydrogens is 330 g/mol. The summed E-state index contributed by atoms with van der Waals surface area (Å²) in [7, 11) is 0. The zero-order chi connectivity index (χ0) is 18.8. The van der Waals surface area contributed by atoms with Crippen molar-refractivity contribution in [2.45, 2.75) is 65.3 Å². The minimum Gasteiger partial charge on any atom is -0.465 e. The van der Waals surface area contributed by atoms with Gasteiger partial charge in [-0.05, 0) is 37.5 Å². The fourth-order valence-corrected chi connectivity index (χ4v) is 2.88. The number of nitrogens with zero attached hydrogens (tertiary/aromatic N) is 3. The Bertz CT molecular complexity index is 732. The molecule has 6 heteroatoms. The SMILES string of the molecule is CCCCCCCCc1ccc(-n2cnn(CC(=O)OCC)c2=O)cc1. The van der Waals surface area contributed by atoms with Crippen LogP contribution in [-0.2, 0) is 22.5 Å². The van der Waals surface area contributed by atoms with Crippen LogP contribution in [0.3, 0.4) is 0 Å². The number of aromatic nitrogens is 3. The van der Waals surface area contributed by atoms with E-state index in [1.54, 1.807) is 6.92 Å². The molecule has 2 rings (SSSR count). The summed E-state index contributed by atoms with van der Waals surface area (Å²) in [5.74, 6) is -0.464. The molecule has 0 saturated carbocycles. The maximum absolute atomic E-state index is 12.3. The predicted molar refractivity (Wildman–Crippen MR) is 102 cm³/mol. The molecule has 0 bridgehead atoms. The van der Waals surface area contributed by atoms with Gasteiger partial charge in [0.1, 0.15) is 12.9 Å². The first-order chi connectivity index (χ1) is 12.7. The summed E-state index contributed by atoms with van der Waals surface area (Å²) in [5.41, 5.74) is 1.68. The zero-order valence-electron chi connectivity index (χ0n) is 15.8. The van der Waals surface area contributed by atoms with Crippen molar-refractivity contribution < 1.29 is 9.53 Å². The van der Waals surface area contributed by atoms with Crippen molar-refractivity contribution in [1.29, 1.82) is 0 Å². The largest absolute Gasteiger partial charge is 0.465 e. The van der Waals surface area contributed by atoms with Crippen molar-refractivity contribution >= 4 is 5.97 Å². The second kappa shape index (κ2) is 10.6. The monoisotopic (exact) mass is 359 g/mol. The molecule has 1 aromatic heterocycles. The molecule has 0 fully saturated rings. The van der Waals surface area contributed by atoms with Crippen LogP contribution in [0.1, 0.15) is 57.9 Å². The molecule has 0 aliphatic rings. The third-order valence-corrected chi connectivity index (χ3v) is 4.35. The second-order valence-electron chi connectivity index (χ2n) is 6.43. The standard InChI is InChI=1S/C20H29N3O3/c1-3-5-6-7-8-9-10-17-11-13-18(14-12-17)22-16-21-23(20(22)25)15-19(24)26-4-2/h11-14,16H,3-10,15H2,1-2H3. The van der Waals surface area contributed by atoms with E-state index in [0.717, 1.165) is 16.8 Å². The minimum absolute atomic E-state index is 0.171. The van der Waals surface area contributed by atoms with Crippen LogP contribution in [-0.4, -0.2) is 26.9 Å². The Balaban J connectivity index is 1.91. The number of aryl methyl sites for hydroxylation is 1. The van der Waals surface area contributed by atoms with E-state index < -0.39 is 5.97 Å². The van der Waals surface area contributed by atoms with Gasteiger partial charge in [0.25, 0.3) is 0 Å². The quantitative estimate of drug-likeness (QED) is 0.455. The van der Waals surface area contributed by atoms with Crippen molar-refractivity contribution in [3.05, 3.63) is 46.6 Å². The number of unbranched alkanes of at least 4 members (excludes halogenated alkanes) is 5. The van der Waals surface area contributed by atoms with E-state index in [9.17, 15) is 9.59 Å². The van der Waals surface area contributed by atoms with Crippen LogP contribution in [0.5, 0.6) is 0 Å². The molecule has 0 saturated heterocycles. The normalized spacial score (nSPS) is 10.8. The molecule has 6 nitrogen and oxygen atoms in total. The highest BCUT2D eigenvalue weighted by molar-refractivity contribution is 5.68. The summed E-state index contributed by atoms with van der Waals surface area (Å²) in [6.07, 6.45) is 10.2. The van der Waals surface area contributed by atoms with Crippen molar-refractivity contribution in [2.75, 3.05) is 6.61 Å². The third-order valence-electron chi connectivity index (χ3n) is 4.35. The number of hydrogen-bond donors (Lipinski definition) is 0. The smallest absolute Gasteiger partial charge is 0.350 e. The maximum Gasteiger partial charge on any atom is 0.350 e. The zero-order valence-corrected chi connectivity index (χ0v) is 15.8. The maximum atomic E-state index is 12.3. The summed E-state index contributed by atoms with van der Waals surface area (Å²) in [6, 6.07) is 7.95. The molecule has 0 aliphatic heterocycles. The van der Waals surface area contributed by atoms with Crippen molar-refractivity contribution in [3.8, 4) is 5.69 Å². The molecule has 0 spiro atoms. The van der Waals surface area contributed by atoms with Gasteiger partial charge in [-0.25, -0.2) is 14.0 Å². The van der Waals surface area contributed by atoms with Gasteiger partial charge < -0.3 is 4.74 Å². The third kappa shape index (κ3) is 5.86. The van der Waals surface area contributed by atoms with Gasteiger partial charge >= 0.3 is 11.7 Å². The average Bonchev–Trinajstić information content (AvgIpc) is 2.99. The number of carbonyl (C=O) groups excluding carboxylic acids is 1. The van der Waals surface area contributed by atoms with E-state index >= 15 is 0 Å². The molecule has 0 aliphatic carbocycles. The Morgan fingerprint density at radius 3 is 2.42 bits per heavy atom.